The van der Waals surface area contributed by atoms with Gasteiger partial charge in [-0.2, -0.15) is 0 Å². The molecule has 0 rings (SSSR count). The number of nitrogens with one attached hydrogen (secondary N) is 1. The van der Waals surface area contributed by atoms with Crippen LogP contribution in [0.1, 0.15) is 13.8 Å². The van der Waals surface area contributed by atoms with Gasteiger partial charge in [-0.05, 0) is 6.92 Å². The molecule has 6 heteroatoms. The summed E-state index contributed by atoms with van der Waals surface area (Å²) in [5.41, 5.74) is 0. The molecule has 0 spiro atoms. The van der Waals surface area contributed by atoms with Crippen LogP contribution in [0, 0.1) is 5.92 Å². The molecule has 84 valence electrons. The molecular weight excluding hydrogens is 196 g/mol. The Hall–Kier alpha value is -0.750. The molecule has 14 heavy (non-hydrogen) atoms. The molecule has 0 aliphatic carbocycles. The minimum Gasteiger partial charge on any atom is -0.481 e. The summed E-state index contributed by atoms with van der Waals surface area (Å²) in [6, 6.07) is -0.458. The van der Waals surface area contributed by atoms with Gasteiger partial charge in [0.2, 0.25) is 0 Å². The van der Waals surface area contributed by atoms with Crippen LogP contribution in [-0.4, -0.2) is 41.3 Å². The average Bonchev–Trinajstić information content (AvgIpc) is 2.11. The highest BCUT2D eigenvalue weighted by atomic mass is 19.3. The lowest BCUT2D eigenvalue weighted by molar-refractivity contribution is -0.142. The van der Waals surface area contributed by atoms with E-state index in [1.54, 1.807) is 6.92 Å². The van der Waals surface area contributed by atoms with Crippen LogP contribution in [0.15, 0.2) is 0 Å². The molecule has 0 aromatic carbocycles. The van der Waals surface area contributed by atoms with Crippen molar-refractivity contribution in [2.45, 2.75) is 32.4 Å². The molecule has 0 aliphatic rings. The summed E-state index contributed by atoms with van der Waals surface area (Å²) in [4.78, 5) is 10.5. The quantitative estimate of drug-likeness (QED) is 0.591. The molecule has 0 bridgehead atoms. The fourth-order valence-corrected chi connectivity index (χ4v) is 0.786. The Kier molecular flexibility index (Phi) is 5.56. The number of aliphatic hydroxyl groups excluding tert-OH is 1. The van der Waals surface area contributed by atoms with Gasteiger partial charge in [0.25, 0.3) is 6.43 Å². The van der Waals surface area contributed by atoms with E-state index in [1.807, 2.05) is 0 Å². The number of aliphatic carboxylic acids is 1. The van der Waals surface area contributed by atoms with E-state index in [-0.39, 0.29) is 6.54 Å². The maximum atomic E-state index is 11.8. The second-order valence-electron chi connectivity index (χ2n) is 3.23. The molecule has 0 amide bonds. The van der Waals surface area contributed by atoms with E-state index >= 15 is 0 Å². The third-order valence-electron chi connectivity index (χ3n) is 2.08. The van der Waals surface area contributed by atoms with E-state index in [4.69, 9.17) is 10.2 Å². The molecule has 0 aromatic heterocycles. The van der Waals surface area contributed by atoms with Crippen LogP contribution in [-0.2, 0) is 4.79 Å². The van der Waals surface area contributed by atoms with Crippen LogP contribution in [0.2, 0.25) is 0 Å². The van der Waals surface area contributed by atoms with Crippen LogP contribution in [0.5, 0.6) is 0 Å². The molecule has 0 radical (unpaired) electrons. The smallest absolute Gasteiger partial charge is 0.307 e. The molecule has 4 nitrogen and oxygen atoms in total. The van der Waals surface area contributed by atoms with Crippen molar-refractivity contribution < 1.29 is 23.8 Å². The summed E-state index contributed by atoms with van der Waals surface area (Å²) < 4.78 is 23.7. The van der Waals surface area contributed by atoms with E-state index in [0.29, 0.717) is 0 Å². The minimum atomic E-state index is -2.81. The van der Waals surface area contributed by atoms with Crippen LogP contribution in [0.25, 0.3) is 0 Å². The molecule has 0 aliphatic heterocycles. The molecule has 0 saturated carbocycles. The second-order valence-corrected chi connectivity index (χ2v) is 3.23. The number of carboxylic acids is 1. The molecule has 0 saturated heterocycles. The van der Waals surface area contributed by atoms with Crippen molar-refractivity contribution in [1.82, 2.24) is 5.32 Å². The third-order valence-corrected chi connectivity index (χ3v) is 2.08. The van der Waals surface area contributed by atoms with Gasteiger partial charge in [0.05, 0.1) is 5.92 Å². The second kappa shape index (κ2) is 5.87. The Morgan fingerprint density at radius 1 is 1.43 bits per heavy atom. The topological polar surface area (TPSA) is 69.6 Å². The summed E-state index contributed by atoms with van der Waals surface area (Å²) in [7, 11) is 0. The van der Waals surface area contributed by atoms with Gasteiger partial charge < -0.3 is 15.5 Å². The number of rotatable bonds is 6. The average molecular weight is 211 g/mol. The lowest BCUT2D eigenvalue weighted by Crippen LogP contribution is -2.42. The third kappa shape index (κ3) is 4.48. The van der Waals surface area contributed by atoms with Gasteiger partial charge >= 0.3 is 5.97 Å². The first-order valence-electron chi connectivity index (χ1n) is 4.28. The first-order chi connectivity index (χ1) is 6.36. The Labute approximate surface area is 80.9 Å². The van der Waals surface area contributed by atoms with Crippen molar-refractivity contribution in [1.29, 1.82) is 0 Å². The van der Waals surface area contributed by atoms with Crippen LogP contribution in [0.4, 0.5) is 8.78 Å². The Morgan fingerprint density at radius 2 is 1.93 bits per heavy atom. The van der Waals surface area contributed by atoms with Crippen molar-refractivity contribution in [3.05, 3.63) is 0 Å². The van der Waals surface area contributed by atoms with E-state index in [1.165, 1.54) is 6.92 Å². The highest BCUT2D eigenvalue weighted by molar-refractivity contribution is 5.70. The van der Waals surface area contributed by atoms with E-state index < -0.39 is 30.5 Å². The van der Waals surface area contributed by atoms with E-state index in [9.17, 15) is 13.6 Å². The molecule has 0 aromatic rings. The van der Waals surface area contributed by atoms with Crippen LogP contribution < -0.4 is 5.32 Å². The Morgan fingerprint density at radius 3 is 2.29 bits per heavy atom. The lowest BCUT2D eigenvalue weighted by Gasteiger charge is -2.19. The van der Waals surface area contributed by atoms with Gasteiger partial charge in [0.1, 0.15) is 6.10 Å². The SMILES string of the molecule is CC(NCC(O)C(F)F)C(C)C(=O)O. The largest absolute Gasteiger partial charge is 0.481 e. The van der Waals surface area contributed by atoms with Crippen LogP contribution in [0.3, 0.4) is 0 Å². The number of hydrogen-bond acceptors (Lipinski definition) is 3. The first-order valence-corrected chi connectivity index (χ1v) is 4.28. The van der Waals surface area contributed by atoms with Gasteiger partial charge in [0.15, 0.2) is 0 Å². The maximum Gasteiger partial charge on any atom is 0.307 e. The lowest BCUT2D eigenvalue weighted by atomic mass is 10.0. The molecular formula is C8H15F2NO3. The summed E-state index contributed by atoms with van der Waals surface area (Å²) in [6.45, 7) is 2.72. The zero-order chi connectivity index (χ0) is 11.3. The summed E-state index contributed by atoms with van der Waals surface area (Å²) in [5, 5.41) is 19.8. The van der Waals surface area contributed by atoms with Gasteiger partial charge in [0, 0.05) is 12.6 Å². The number of carboxylic acid groups (broad SMARTS) is 1. The van der Waals surface area contributed by atoms with E-state index in [2.05, 4.69) is 5.32 Å². The molecule has 0 heterocycles. The zero-order valence-corrected chi connectivity index (χ0v) is 8.08. The summed E-state index contributed by atoms with van der Waals surface area (Å²) in [5.74, 6) is -1.68. The number of carbonyl (C=O) groups is 1. The molecule has 0 fully saturated rings. The Bertz CT molecular complexity index is 189. The van der Waals surface area contributed by atoms with Crippen molar-refractivity contribution in [3.8, 4) is 0 Å². The number of alkyl halides is 2. The van der Waals surface area contributed by atoms with Crippen LogP contribution >= 0.6 is 0 Å². The molecule has 3 unspecified atom stereocenters. The van der Waals surface area contributed by atoms with Gasteiger partial charge in [-0.1, -0.05) is 6.92 Å². The van der Waals surface area contributed by atoms with Gasteiger partial charge in [-0.3, -0.25) is 4.79 Å². The predicted octanol–water partition coefficient (Wildman–Crippen LogP) is 0.311. The number of halogens is 2. The Balaban J connectivity index is 3.84. The van der Waals surface area contributed by atoms with Crippen molar-refractivity contribution >= 4 is 5.97 Å². The standard InChI is InChI=1S/C8H15F2NO3/c1-4(8(13)14)5(2)11-3-6(12)7(9)10/h4-7,11-12H,3H2,1-2H3,(H,13,14). The van der Waals surface area contributed by atoms with Crippen molar-refractivity contribution in [3.63, 3.8) is 0 Å². The monoisotopic (exact) mass is 211 g/mol. The minimum absolute atomic E-state index is 0.309. The maximum absolute atomic E-state index is 11.8. The highest BCUT2D eigenvalue weighted by Crippen LogP contribution is 2.04. The predicted molar refractivity (Wildman–Crippen MR) is 46.3 cm³/mol. The zero-order valence-electron chi connectivity index (χ0n) is 8.08. The van der Waals surface area contributed by atoms with Gasteiger partial charge in [-0.15, -0.1) is 0 Å². The highest BCUT2D eigenvalue weighted by Gasteiger charge is 2.22. The number of aliphatic hydroxyl groups is 1. The summed E-state index contributed by atoms with van der Waals surface area (Å²) >= 11 is 0. The fraction of sp³-hybridized carbons (Fsp3) is 0.875. The van der Waals surface area contributed by atoms with Crippen molar-refractivity contribution in [2.75, 3.05) is 6.54 Å². The molecule has 3 N–H and O–H groups in total. The van der Waals surface area contributed by atoms with E-state index in [0.717, 1.165) is 0 Å². The van der Waals surface area contributed by atoms with Gasteiger partial charge in [-0.25, -0.2) is 8.78 Å². The number of hydrogen-bond donors (Lipinski definition) is 3. The fourth-order valence-electron chi connectivity index (χ4n) is 0.786. The normalized spacial score (nSPS) is 17.9. The van der Waals surface area contributed by atoms with Crippen molar-refractivity contribution in [2.24, 2.45) is 5.92 Å². The molecule has 3 atom stereocenters. The summed E-state index contributed by atoms with van der Waals surface area (Å²) in [6.07, 6.45) is -4.56. The first kappa shape index (κ1) is 13.2.